The Morgan fingerprint density at radius 2 is 1.59 bits per heavy atom. The normalized spacial score (nSPS) is 20.3. The molecule has 20 heteroatoms. The Hall–Kier alpha value is -6.02. The lowest BCUT2D eigenvalue weighted by Crippen LogP contribution is -2.45. The third-order valence-electron chi connectivity index (χ3n) is 9.71. The fourth-order valence-electron chi connectivity index (χ4n) is 6.81. The molecule has 58 heavy (non-hydrogen) atoms. The third kappa shape index (κ3) is 10.9. The lowest BCUT2D eigenvalue weighted by Gasteiger charge is -2.22. The lowest BCUT2D eigenvalue weighted by atomic mass is 9.91. The summed E-state index contributed by atoms with van der Waals surface area (Å²) in [5.74, 6) is -2.59. The first-order valence-corrected chi connectivity index (χ1v) is 18.7. The average Bonchev–Trinajstić information content (AvgIpc) is 3.92. The molecule has 3 heterocycles. The number of anilines is 2. The minimum Gasteiger partial charge on any atom is -0.475 e. The van der Waals surface area contributed by atoms with Crippen LogP contribution in [0.3, 0.4) is 0 Å². The number of carbonyl (C=O) groups excluding carboxylic acids is 3. The van der Waals surface area contributed by atoms with Gasteiger partial charge < -0.3 is 50.8 Å². The van der Waals surface area contributed by atoms with Crippen molar-refractivity contribution in [3.05, 3.63) is 78.1 Å². The maximum Gasteiger partial charge on any atom is 0.490 e. The minimum atomic E-state index is -5.08. The minimum absolute atomic E-state index is 0.00817. The number of benzene rings is 2. The Balaban J connectivity index is 0.000000839. The number of aliphatic carboxylic acids is 1. The molecule has 0 radical (unpaired) electrons. The highest BCUT2D eigenvalue weighted by Gasteiger charge is 2.44. The second kappa shape index (κ2) is 19.4. The quantitative estimate of drug-likeness (QED) is 0.0964. The number of nitrogens with one attached hydrogen (secondary N) is 4. The molecule has 0 spiro atoms. The van der Waals surface area contributed by atoms with Crippen LogP contribution in [0.15, 0.2) is 67.0 Å². The van der Waals surface area contributed by atoms with Gasteiger partial charge in [-0.15, -0.1) is 0 Å². The van der Waals surface area contributed by atoms with Gasteiger partial charge in [0, 0.05) is 38.0 Å². The van der Waals surface area contributed by atoms with Crippen LogP contribution in [-0.4, -0.2) is 122 Å². The van der Waals surface area contributed by atoms with Crippen LogP contribution in [0.25, 0.3) is 11.2 Å². The SMILES string of the molecule is CCOC(=O)CNC(=O)N[C@@H]1CCN(c2nc(NCC(c3ccccc3)c3ccccc3)c3ncn([C@@H]4C[C@H](NC(=O)CC)[C@@H](O)[C@H]4O)c3n2)C1.O=C(O)C(F)(F)F. The molecular formula is C38H46F3N9O8. The monoisotopic (exact) mass is 813 g/mol. The number of carbonyl (C=O) groups is 4. The molecule has 17 nitrogen and oxygen atoms in total. The van der Waals surface area contributed by atoms with Crippen molar-refractivity contribution in [2.24, 2.45) is 0 Å². The molecular weight excluding hydrogens is 767 g/mol. The number of urea groups is 1. The molecule has 1 saturated carbocycles. The second-order valence-corrected chi connectivity index (χ2v) is 13.6. The third-order valence-corrected chi connectivity index (χ3v) is 9.71. The second-order valence-electron chi connectivity index (χ2n) is 13.6. The molecule has 7 N–H and O–H groups in total. The van der Waals surface area contributed by atoms with Crippen molar-refractivity contribution >= 4 is 46.8 Å². The highest BCUT2D eigenvalue weighted by atomic mass is 19.4. The van der Waals surface area contributed by atoms with Gasteiger partial charge in [0.1, 0.15) is 18.8 Å². The fourth-order valence-corrected chi connectivity index (χ4v) is 6.81. The summed E-state index contributed by atoms with van der Waals surface area (Å²) in [6.45, 7) is 4.89. The van der Waals surface area contributed by atoms with E-state index in [2.05, 4.69) is 45.5 Å². The van der Waals surface area contributed by atoms with Crippen molar-refractivity contribution in [2.75, 3.05) is 43.0 Å². The van der Waals surface area contributed by atoms with E-state index >= 15 is 0 Å². The van der Waals surface area contributed by atoms with E-state index in [0.29, 0.717) is 49.0 Å². The summed E-state index contributed by atoms with van der Waals surface area (Å²) < 4.78 is 38.4. The molecule has 0 unspecified atom stereocenters. The number of hydrogen-bond donors (Lipinski definition) is 7. The van der Waals surface area contributed by atoms with Gasteiger partial charge in [-0.3, -0.25) is 9.59 Å². The molecule has 2 aromatic carbocycles. The summed E-state index contributed by atoms with van der Waals surface area (Å²) in [6.07, 6.45) is -4.68. The number of esters is 1. The van der Waals surface area contributed by atoms with E-state index in [1.165, 1.54) is 0 Å². The Kier molecular flexibility index (Phi) is 14.4. The molecule has 312 valence electrons. The highest BCUT2D eigenvalue weighted by Crippen LogP contribution is 2.35. The summed E-state index contributed by atoms with van der Waals surface area (Å²) in [5.41, 5.74) is 3.21. The van der Waals surface area contributed by atoms with Crippen LogP contribution in [0, 0.1) is 0 Å². The molecule has 2 aromatic heterocycles. The molecule has 5 atom stereocenters. The Morgan fingerprint density at radius 3 is 2.17 bits per heavy atom. The molecule has 3 amide bonds. The number of aromatic nitrogens is 4. The first-order valence-electron chi connectivity index (χ1n) is 18.7. The van der Waals surface area contributed by atoms with Gasteiger partial charge in [0.15, 0.2) is 17.0 Å². The highest BCUT2D eigenvalue weighted by molar-refractivity contribution is 5.85. The van der Waals surface area contributed by atoms with E-state index in [-0.39, 0.29) is 43.9 Å². The van der Waals surface area contributed by atoms with E-state index in [1.54, 1.807) is 24.7 Å². The Morgan fingerprint density at radius 1 is 0.948 bits per heavy atom. The molecule has 6 rings (SSSR count). The number of carboxylic acids is 1. The Labute approximate surface area is 331 Å². The number of amides is 3. The van der Waals surface area contributed by atoms with Gasteiger partial charge in [-0.2, -0.15) is 23.1 Å². The van der Waals surface area contributed by atoms with Crippen molar-refractivity contribution in [1.29, 1.82) is 0 Å². The van der Waals surface area contributed by atoms with Crippen molar-refractivity contribution in [1.82, 2.24) is 35.5 Å². The average molecular weight is 814 g/mol. The topological polar surface area (TPSA) is 233 Å². The number of imidazole rings is 1. The molecule has 0 bridgehead atoms. The zero-order valence-corrected chi connectivity index (χ0v) is 31.7. The number of ether oxygens (including phenoxy) is 1. The standard InChI is InChI=1S/C36H45N9O6.C2HF3O2/c1-3-28(46)41-26-17-27(32(49)31(26)48)45-21-39-30-33(37-18-25(22-11-7-5-8-12-22)23-13-9-6-10-14-23)42-35(43-34(30)45)44-16-15-24(20-44)40-36(50)38-19-29(47)51-4-2;3-2(4,5)1(6)7/h5-14,21,24-27,31-32,48-49H,3-4,15-20H2,1-2H3,(H,41,46)(H,37,42,43)(H2,38,40,50);(H,6,7)/t24-,26+,27-,31-,32+;/m1./s1. The smallest absolute Gasteiger partial charge is 0.475 e. The predicted octanol–water partition coefficient (Wildman–Crippen LogP) is 2.71. The molecule has 1 saturated heterocycles. The van der Waals surface area contributed by atoms with Gasteiger partial charge in [-0.1, -0.05) is 67.6 Å². The molecule has 1 aliphatic carbocycles. The van der Waals surface area contributed by atoms with Crippen LogP contribution < -0.4 is 26.2 Å². The van der Waals surface area contributed by atoms with E-state index in [1.807, 2.05) is 41.3 Å². The number of carboxylic acid groups (broad SMARTS) is 1. The van der Waals surface area contributed by atoms with Gasteiger partial charge in [0.05, 0.1) is 25.0 Å². The van der Waals surface area contributed by atoms with Crippen molar-refractivity contribution in [2.45, 2.75) is 75.5 Å². The van der Waals surface area contributed by atoms with Crippen LogP contribution in [0.4, 0.5) is 29.7 Å². The lowest BCUT2D eigenvalue weighted by molar-refractivity contribution is -0.192. The van der Waals surface area contributed by atoms with E-state index < -0.39 is 48.4 Å². The van der Waals surface area contributed by atoms with Crippen LogP contribution in [0.2, 0.25) is 0 Å². The number of alkyl halides is 3. The van der Waals surface area contributed by atoms with Gasteiger partial charge in [-0.05, 0) is 30.9 Å². The summed E-state index contributed by atoms with van der Waals surface area (Å²) in [6, 6.07) is 18.5. The van der Waals surface area contributed by atoms with Crippen molar-refractivity contribution in [3.8, 4) is 0 Å². The summed E-state index contributed by atoms with van der Waals surface area (Å²) in [7, 11) is 0. The van der Waals surface area contributed by atoms with Crippen LogP contribution in [0.1, 0.15) is 56.2 Å². The Bertz CT molecular complexity index is 1980. The van der Waals surface area contributed by atoms with Crippen molar-refractivity contribution < 1.29 is 52.4 Å². The number of nitrogens with zero attached hydrogens (tertiary/aromatic N) is 5. The number of rotatable bonds is 13. The van der Waals surface area contributed by atoms with Crippen LogP contribution in [-0.2, 0) is 19.1 Å². The van der Waals surface area contributed by atoms with Gasteiger partial charge >= 0.3 is 24.1 Å². The number of aliphatic hydroxyl groups is 2. The molecule has 2 fully saturated rings. The zero-order valence-electron chi connectivity index (χ0n) is 31.7. The summed E-state index contributed by atoms with van der Waals surface area (Å²) >= 11 is 0. The van der Waals surface area contributed by atoms with Crippen LogP contribution in [0.5, 0.6) is 0 Å². The van der Waals surface area contributed by atoms with Crippen LogP contribution >= 0.6 is 0 Å². The molecule has 4 aromatic rings. The van der Waals surface area contributed by atoms with Gasteiger partial charge in [0.2, 0.25) is 11.9 Å². The maximum absolute atomic E-state index is 12.5. The fraction of sp³-hybridized carbons (Fsp3) is 0.447. The number of halogens is 3. The number of hydrogen-bond acceptors (Lipinski definition) is 12. The molecule has 2 aliphatic rings. The van der Waals surface area contributed by atoms with E-state index in [4.69, 9.17) is 29.6 Å². The molecule has 1 aliphatic heterocycles. The van der Waals surface area contributed by atoms with Crippen molar-refractivity contribution in [3.63, 3.8) is 0 Å². The van der Waals surface area contributed by atoms with Gasteiger partial charge in [0.25, 0.3) is 0 Å². The largest absolute Gasteiger partial charge is 0.490 e. The van der Waals surface area contributed by atoms with E-state index in [9.17, 15) is 37.8 Å². The maximum atomic E-state index is 12.5. The number of aliphatic hydroxyl groups excluding tert-OH is 2. The zero-order chi connectivity index (χ0) is 42.0. The van der Waals surface area contributed by atoms with Gasteiger partial charge in [-0.25, -0.2) is 14.6 Å². The first kappa shape index (κ1) is 43.1. The van der Waals surface area contributed by atoms with E-state index in [0.717, 1.165) is 11.1 Å². The predicted molar refractivity (Wildman–Crippen MR) is 204 cm³/mol. The number of fused-ring (bicyclic) bond motifs is 1. The summed E-state index contributed by atoms with van der Waals surface area (Å²) in [4.78, 5) is 61.8. The first-order chi connectivity index (χ1) is 27.7. The summed E-state index contributed by atoms with van der Waals surface area (Å²) in [5, 5.41) is 41.0.